The normalized spacial score (nSPS) is 14.3. The lowest BCUT2D eigenvalue weighted by atomic mass is 10.1. The SMILES string of the molecule is C[C@H](NC(=O)c1cn2cc(Cl)ccc2n1)c1ccc2c(c1)OCCO2. The molecular formula is C18H16ClN3O3. The zero-order valence-electron chi connectivity index (χ0n) is 13.5. The van der Waals surface area contributed by atoms with E-state index in [1.807, 2.05) is 25.1 Å². The van der Waals surface area contributed by atoms with Crippen LogP contribution in [0, 0.1) is 0 Å². The van der Waals surface area contributed by atoms with Crippen molar-refractivity contribution in [2.24, 2.45) is 0 Å². The van der Waals surface area contributed by atoms with Crippen molar-refractivity contribution in [3.05, 3.63) is 59.0 Å². The van der Waals surface area contributed by atoms with Gasteiger partial charge in [-0.05, 0) is 36.8 Å². The molecule has 0 fully saturated rings. The van der Waals surface area contributed by atoms with Gasteiger partial charge in [0.25, 0.3) is 5.91 Å². The number of carbonyl (C=O) groups excluding carboxylic acids is 1. The minimum absolute atomic E-state index is 0.197. The summed E-state index contributed by atoms with van der Waals surface area (Å²) in [7, 11) is 0. The maximum Gasteiger partial charge on any atom is 0.271 e. The summed E-state index contributed by atoms with van der Waals surface area (Å²) in [5, 5.41) is 3.54. The lowest BCUT2D eigenvalue weighted by Gasteiger charge is -2.21. The van der Waals surface area contributed by atoms with E-state index < -0.39 is 0 Å². The molecule has 0 spiro atoms. The Balaban J connectivity index is 1.53. The van der Waals surface area contributed by atoms with Crippen LogP contribution in [0.15, 0.2) is 42.7 Å². The maximum absolute atomic E-state index is 12.5. The summed E-state index contributed by atoms with van der Waals surface area (Å²) in [6.07, 6.45) is 3.37. The number of halogens is 1. The first kappa shape index (κ1) is 15.8. The molecule has 1 aliphatic rings. The van der Waals surface area contributed by atoms with E-state index in [9.17, 15) is 4.79 Å². The fourth-order valence-corrected chi connectivity index (χ4v) is 2.93. The molecule has 0 saturated heterocycles. The van der Waals surface area contributed by atoms with Gasteiger partial charge in [0, 0.05) is 12.4 Å². The Morgan fingerprint density at radius 1 is 1.20 bits per heavy atom. The first-order valence-electron chi connectivity index (χ1n) is 7.95. The highest BCUT2D eigenvalue weighted by Crippen LogP contribution is 2.32. The number of nitrogens with zero attached hydrogens (tertiary/aromatic N) is 2. The van der Waals surface area contributed by atoms with Crippen LogP contribution in [0.4, 0.5) is 0 Å². The molecule has 1 N–H and O–H groups in total. The van der Waals surface area contributed by atoms with Crippen molar-refractivity contribution >= 4 is 23.2 Å². The molecular weight excluding hydrogens is 342 g/mol. The van der Waals surface area contributed by atoms with E-state index in [4.69, 9.17) is 21.1 Å². The molecule has 1 aliphatic heterocycles. The summed E-state index contributed by atoms with van der Waals surface area (Å²) in [6.45, 7) is 2.99. The molecule has 2 aromatic heterocycles. The van der Waals surface area contributed by atoms with Gasteiger partial charge in [0.15, 0.2) is 11.5 Å². The summed E-state index contributed by atoms with van der Waals surface area (Å²) >= 11 is 5.96. The predicted molar refractivity (Wildman–Crippen MR) is 93.5 cm³/mol. The van der Waals surface area contributed by atoms with Crippen molar-refractivity contribution in [1.82, 2.24) is 14.7 Å². The van der Waals surface area contributed by atoms with Gasteiger partial charge in [-0.2, -0.15) is 0 Å². The van der Waals surface area contributed by atoms with Crippen LogP contribution in [0.1, 0.15) is 29.0 Å². The van der Waals surface area contributed by atoms with Crippen LogP contribution in [-0.4, -0.2) is 28.5 Å². The molecule has 1 amide bonds. The molecule has 7 heteroatoms. The van der Waals surface area contributed by atoms with E-state index in [1.54, 1.807) is 28.9 Å². The van der Waals surface area contributed by atoms with E-state index in [1.165, 1.54) is 0 Å². The van der Waals surface area contributed by atoms with Gasteiger partial charge < -0.3 is 19.2 Å². The van der Waals surface area contributed by atoms with Crippen molar-refractivity contribution in [3.8, 4) is 11.5 Å². The lowest BCUT2D eigenvalue weighted by Crippen LogP contribution is -2.27. The number of benzene rings is 1. The molecule has 0 aliphatic carbocycles. The number of carbonyl (C=O) groups is 1. The smallest absolute Gasteiger partial charge is 0.271 e. The number of amides is 1. The monoisotopic (exact) mass is 357 g/mol. The van der Waals surface area contributed by atoms with Gasteiger partial charge in [0.2, 0.25) is 0 Å². The standard InChI is InChI=1S/C18H16ClN3O3/c1-11(12-2-4-15-16(8-12)25-7-6-24-15)20-18(23)14-10-22-9-13(19)3-5-17(22)21-14/h2-5,8-11H,6-7H2,1H3,(H,20,23)/t11-/m0/s1. The fourth-order valence-electron chi connectivity index (χ4n) is 2.76. The van der Waals surface area contributed by atoms with Crippen molar-refractivity contribution in [2.75, 3.05) is 13.2 Å². The molecule has 3 heterocycles. The van der Waals surface area contributed by atoms with E-state index in [-0.39, 0.29) is 11.9 Å². The minimum atomic E-state index is -0.248. The molecule has 0 radical (unpaired) electrons. The molecule has 128 valence electrons. The Kier molecular flexibility index (Phi) is 3.97. The van der Waals surface area contributed by atoms with Crippen LogP contribution in [0.2, 0.25) is 5.02 Å². The van der Waals surface area contributed by atoms with Gasteiger partial charge >= 0.3 is 0 Å². The number of hydrogen-bond acceptors (Lipinski definition) is 4. The van der Waals surface area contributed by atoms with Crippen LogP contribution < -0.4 is 14.8 Å². The Morgan fingerprint density at radius 2 is 2.00 bits per heavy atom. The number of hydrogen-bond donors (Lipinski definition) is 1. The minimum Gasteiger partial charge on any atom is -0.486 e. The van der Waals surface area contributed by atoms with Crippen LogP contribution in [0.5, 0.6) is 11.5 Å². The molecule has 4 rings (SSSR count). The third-order valence-corrected chi connectivity index (χ3v) is 4.29. The first-order valence-corrected chi connectivity index (χ1v) is 8.32. The lowest BCUT2D eigenvalue weighted by molar-refractivity contribution is 0.0935. The number of pyridine rings is 1. The maximum atomic E-state index is 12.5. The number of imidazole rings is 1. The van der Waals surface area contributed by atoms with Crippen LogP contribution in [0.25, 0.3) is 5.65 Å². The molecule has 1 aromatic carbocycles. The molecule has 3 aromatic rings. The van der Waals surface area contributed by atoms with Crippen LogP contribution in [-0.2, 0) is 0 Å². The summed E-state index contributed by atoms with van der Waals surface area (Å²) in [6, 6.07) is 8.98. The molecule has 0 saturated carbocycles. The predicted octanol–water partition coefficient (Wildman–Crippen LogP) is 3.25. The van der Waals surface area contributed by atoms with E-state index in [2.05, 4.69) is 10.3 Å². The van der Waals surface area contributed by atoms with E-state index in [0.717, 1.165) is 11.3 Å². The van der Waals surface area contributed by atoms with Gasteiger partial charge in [0.05, 0.1) is 11.1 Å². The average molecular weight is 358 g/mol. The van der Waals surface area contributed by atoms with Crippen molar-refractivity contribution in [1.29, 1.82) is 0 Å². The fraction of sp³-hybridized carbons (Fsp3) is 0.222. The van der Waals surface area contributed by atoms with Crippen molar-refractivity contribution < 1.29 is 14.3 Å². The number of rotatable bonds is 3. The highest BCUT2D eigenvalue weighted by atomic mass is 35.5. The molecule has 0 bridgehead atoms. The van der Waals surface area contributed by atoms with Crippen LogP contribution >= 0.6 is 11.6 Å². The van der Waals surface area contributed by atoms with E-state index >= 15 is 0 Å². The topological polar surface area (TPSA) is 64.9 Å². The molecule has 25 heavy (non-hydrogen) atoms. The first-order chi connectivity index (χ1) is 12.1. The molecule has 6 nitrogen and oxygen atoms in total. The molecule has 1 atom stereocenters. The highest BCUT2D eigenvalue weighted by Gasteiger charge is 2.18. The second-order valence-corrected chi connectivity index (χ2v) is 6.27. The summed E-state index contributed by atoms with van der Waals surface area (Å²) in [5.41, 5.74) is 1.94. The number of fused-ring (bicyclic) bond motifs is 2. The Labute approximate surface area is 149 Å². The second kappa shape index (κ2) is 6.29. The third-order valence-electron chi connectivity index (χ3n) is 4.06. The van der Waals surface area contributed by atoms with Crippen molar-refractivity contribution in [3.63, 3.8) is 0 Å². The van der Waals surface area contributed by atoms with Gasteiger partial charge in [-0.1, -0.05) is 17.7 Å². The Hall–Kier alpha value is -2.73. The van der Waals surface area contributed by atoms with Gasteiger partial charge in [-0.3, -0.25) is 4.79 Å². The van der Waals surface area contributed by atoms with Gasteiger partial charge in [0.1, 0.15) is 24.6 Å². The number of nitrogens with one attached hydrogen (secondary N) is 1. The Bertz CT molecular complexity index is 954. The number of ether oxygens (including phenoxy) is 2. The largest absolute Gasteiger partial charge is 0.486 e. The number of aromatic nitrogens is 2. The van der Waals surface area contributed by atoms with E-state index in [0.29, 0.717) is 35.3 Å². The van der Waals surface area contributed by atoms with Gasteiger partial charge in [-0.15, -0.1) is 0 Å². The average Bonchev–Trinajstić information content (AvgIpc) is 3.04. The summed E-state index contributed by atoms with van der Waals surface area (Å²) < 4.78 is 12.8. The highest BCUT2D eigenvalue weighted by molar-refractivity contribution is 6.30. The molecule has 0 unspecified atom stereocenters. The second-order valence-electron chi connectivity index (χ2n) is 5.84. The van der Waals surface area contributed by atoms with Crippen molar-refractivity contribution in [2.45, 2.75) is 13.0 Å². The summed E-state index contributed by atoms with van der Waals surface area (Å²) in [4.78, 5) is 16.8. The van der Waals surface area contributed by atoms with Crippen LogP contribution in [0.3, 0.4) is 0 Å². The third kappa shape index (κ3) is 3.13. The summed E-state index contributed by atoms with van der Waals surface area (Å²) in [5.74, 6) is 1.18. The quantitative estimate of drug-likeness (QED) is 0.781. The zero-order valence-corrected chi connectivity index (χ0v) is 14.3. The zero-order chi connectivity index (χ0) is 17.4. The van der Waals surface area contributed by atoms with Gasteiger partial charge in [-0.25, -0.2) is 4.98 Å². The Morgan fingerprint density at radius 3 is 2.84 bits per heavy atom.